The van der Waals surface area contributed by atoms with Crippen molar-refractivity contribution in [1.29, 1.82) is 0 Å². The van der Waals surface area contributed by atoms with Crippen LogP contribution in [-0.2, 0) is 17.6 Å². The van der Waals surface area contributed by atoms with Gasteiger partial charge in [-0.1, -0.05) is 19.1 Å². The molecule has 2 rings (SSSR count). The molecule has 0 fully saturated rings. The SMILES string of the molecule is CCc1ccc2c(c1)C(O)=CC(=O)C2. The molecule has 0 radical (unpaired) electrons. The number of ketones is 1. The van der Waals surface area contributed by atoms with Gasteiger partial charge in [-0.3, -0.25) is 4.79 Å². The van der Waals surface area contributed by atoms with Crippen molar-refractivity contribution in [2.45, 2.75) is 19.8 Å². The van der Waals surface area contributed by atoms with E-state index in [0.29, 0.717) is 6.42 Å². The van der Waals surface area contributed by atoms with Crippen LogP contribution in [0.3, 0.4) is 0 Å². The fraction of sp³-hybridized carbons (Fsp3) is 0.250. The van der Waals surface area contributed by atoms with Crippen molar-refractivity contribution in [3.8, 4) is 0 Å². The number of aryl methyl sites for hydroxylation is 1. The zero-order valence-corrected chi connectivity index (χ0v) is 8.08. The van der Waals surface area contributed by atoms with Crippen LogP contribution in [0.15, 0.2) is 24.3 Å². The molecule has 0 unspecified atom stereocenters. The lowest BCUT2D eigenvalue weighted by Crippen LogP contribution is -2.09. The van der Waals surface area contributed by atoms with Crippen molar-refractivity contribution in [2.24, 2.45) is 0 Å². The zero-order valence-electron chi connectivity index (χ0n) is 8.08. The number of hydrogen-bond acceptors (Lipinski definition) is 2. The maximum Gasteiger partial charge on any atom is 0.163 e. The third kappa shape index (κ3) is 1.43. The average Bonchev–Trinajstić information content (AvgIpc) is 2.17. The van der Waals surface area contributed by atoms with Gasteiger partial charge >= 0.3 is 0 Å². The zero-order chi connectivity index (χ0) is 10.1. The van der Waals surface area contributed by atoms with Crippen molar-refractivity contribution < 1.29 is 9.90 Å². The van der Waals surface area contributed by atoms with Crippen molar-refractivity contribution in [3.63, 3.8) is 0 Å². The number of fused-ring (bicyclic) bond motifs is 1. The topological polar surface area (TPSA) is 37.3 Å². The van der Waals surface area contributed by atoms with E-state index in [1.807, 2.05) is 18.2 Å². The van der Waals surface area contributed by atoms with Crippen LogP contribution in [0.1, 0.15) is 23.6 Å². The molecule has 1 aromatic rings. The van der Waals surface area contributed by atoms with Gasteiger partial charge in [-0.2, -0.15) is 0 Å². The average molecular weight is 188 g/mol. The number of carbonyl (C=O) groups excluding carboxylic acids is 1. The Bertz CT molecular complexity index is 416. The fourth-order valence-electron chi connectivity index (χ4n) is 1.71. The first kappa shape index (κ1) is 9.00. The van der Waals surface area contributed by atoms with Crippen molar-refractivity contribution in [3.05, 3.63) is 41.0 Å². The smallest absolute Gasteiger partial charge is 0.163 e. The summed E-state index contributed by atoms with van der Waals surface area (Å²) in [6.45, 7) is 2.07. The van der Waals surface area contributed by atoms with Gasteiger partial charge in [0.05, 0.1) is 0 Å². The highest BCUT2D eigenvalue weighted by molar-refractivity contribution is 6.00. The van der Waals surface area contributed by atoms with Crippen molar-refractivity contribution in [2.75, 3.05) is 0 Å². The molecule has 1 aliphatic rings. The van der Waals surface area contributed by atoms with Gasteiger partial charge < -0.3 is 5.11 Å². The molecule has 1 N–H and O–H groups in total. The molecule has 1 aromatic carbocycles. The molecular formula is C12H12O2. The highest BCUT2D eigenvalue weighted by atomic mass is 16.3. The number of allylic oxidation sites excluding steroid dienone is 1. The van der Waals surface area contributed by atoms with Crippen LogP contribution >= 0.6 is 0 Å². The molecule has 0 bridgehead atoms. The Morgan fingerprint density at radius 2 is 2.21 bits per heavy atom. The summed E-state index contributed by atoms with van der Waals surface area (Å²) in [6.07, 6.45) is 2.65. The van der Waals surface area contributed by atoms with Crippen molar-refractivity contribution in [1.82, 2.24) is 0 Å². The molecule has 72 valence electrons. The molecule has 0 spiro atoms. The Morgan fingerprint density at radius 3 is 2.93 bits per heavy atom. The van der Waals surface area contributed by atoms with Gasteiger partial charge in [-0.15, -0.1) is 0 Å². The van der Waals surface area contributed by atoms with Gasteiger partial charge in [0, 0.05) is 18.1 Å². The highest BCUT2D eigenvalue weighted by Crippen LogP contribution is 2.24. The van der Waals surface area contributed by atoms with Gasteiger partial charge in [0.25, 0.3) is 0 Å². The number of carbonyl (C=O) groups is 1. The van der Waals surface area contributed by atoms with Crippen LogP contribution < -0.4 is 0 Å². The van der Waals surface area contributed by atoms with Gasteiger partial charge in [-0.25, -0.2) is 0 Å². The number of benzene rings is 1. The predicted molar refractivity (Wildman–Crippen MR) is 55.1 cm³/mol. The summed E-state index contributed by atoms with van der Waals surface area (Å²) in [5, 5.41) is 9.59. The van der Waals surface area contributed by atoms with Gasteiger partial charge in [0.2, 0.25) is 0 Å². The van der Waals surface area contributed by atoms with E-state index >= 15 is 0 Å². The molecule has 0 heterocycles. The normalized spacial score (nSPS) is 14.9. The molecule has 0 aliphatic heterocycles. The van der Waals surface area contributed by atoms with E-state index in [2.05, 4.69) is 6.92 Å². The molecule has 0 saturated carbocycles. The summed E-state index contributed by atoms with van der Waals surface area (Å²) >= 11 is 0. The second kappa shape index (κ2) is 3.29. The molecule has 2 nitrogen and oxygen atoms in total. The Morgan fingerprint density at radius 1 is 1.43 bits per heavy atom. The molecule has 0 aromatic heterocycles. The minimum atomic E-state index is -0.0285. The lowest BCUT2D eigenvalue weighted by atomic mass is 9.93. The third-order valence-electron chi connectivity index (χ3n) is 2.52. The summed E-state index contributed by atoms with van der Waals surface area (Å²) in [5.74, 6) is 0.0748. The maximum absolute atomic E-state index is 11.2. The Hall–Kier alpha value is -1.57. The predicted octanol–water partition coefficient (Wildman–Crippen LogP) is 2.27. The molecule has 1 aliphatic carbocycles. The van der Waals surface area contributed by atoms with Crippen LogP contribution in [-0.4, -0.2) is 10.9 Å². The van der Waals surface area contributed by atoms with E-state index in [1.165, 1.54) is 11.6 Å². The Balaban J connectivity index is 2.53. The van der Waals surface area contributed by atoms with Crippen molar-refractivity contribution >= 4 is 11.5 Å². The van der Waals surface area contributed by atoms with Crippen LogP contribution in [0.2, 0.25) is 0 Å². The lowest BCUT2D eigenvalue weighted by molar-refractivity contribution is -0.114. The standard InChI is InChI=1S/C12H12O2/c1-2-8-3-4-9-6-10(13)7-12(14)11(9)5-8/h3-5,7,14H,2,6H2,1H3. The quantitative estimate of drug-likeness (QED) is 0.734. The van der Waals surface area contributed by atoms with E-state index in [9.17, 15) is 9.90 Å². The van der Waals surface area contributed by atoms with Crippen LogP contribution in [0.4, 0.5) is 0 Å². The van der Waals surface area contributed by atoms with Crippen LogP contribution in [0.5, 0.6) is 0 Å². The first-order valence-electron chi connectivity index (χ1n) is 4.76. The van der Waals surface area contributed by atoms with Gasteiger partial charge in [0.15, 0.2) is 5.78 Å². The number of aliphatic hydroxyl groups is 1. The highest BCUT2D eigenvalue weighted by Gasteiger charge is 2.16. The number of hydrogen-bond donors (Lipinski definition) is 1. The lowest BCUT2D eigenvalue weighted by Gasteiger charge is -2.13. The number of rotatable bonds is 1. The second-order valence-electron chi connectivity index (χ2n) is 3.52. The van der Waals surface area contributed by atoms with E-state index < -0.39 is 0 Å². The molecular weight excluding hydrogens is 176 g/mol. The Kier molecular flexibility index (Phi) is 2.12. The summed E-state index contributed by atoms with van der Waals surface area (Å²) < 4.78 is 0. The Labute approximate surface area is 82.9 Å². The van der Waals surface area contributed by atoms with E-state index in [4.69, 9.17) is 0 Å². The molecule has 14 heavy (non-hydrogen) atoms. The molecule has 2 heteroatoms. The fourth-order valence-corrected chi connectivity index (χ4v) is 1.71. The first-order valence-corrected chi connectivity index (χ1v) is 4.76. The molecule has 0 atom stereocenters. The molecule has 0 saturated heterocycles. The maximum atomic E-state index is 11.2. The van der Waals surface area contributed by atoms with E-state index in [0.717, 1.165) is 17.5 Å². The molecule has 0 amide bonds. The minimum absolute atomic E-state index is 0.0285. The van der Waals surface area contributed by atoms with Gasteiger partial charge in [-0.05, 0) is 23.6 Å². The second-order valence-corrected chi connectivity index (χ2v) is 3.52. The third-order valence-corrected chi connectivity index (χ3v) is 2.52. The van der Waals surface area contributed by atoms with Crippen LogP contribution in [0, 0.1) is 0 Å². The summed E-state index contributed by atoms with van der Waals surface area (Å²) in [7, 11) is 0. The summed E-state index contributed by atoms with van der Waals surface area (Å²) in [6, 6.07) is 5.88. The summed E-state index contributed by atoms with van der Waals surface area (Å²) in [5.41, 5.74) is 2.91. The summed E-state index contributed by atoms with van der Waals surface area (Å²) in [4.78, 5) is 11.2. The number of aliphatic hydroxyl groups excluding tert-OH is 1. The first-order chi connectivity index (χ1) is 6.70. The van der Waals surface area contributed by atoms with Gasteiger partial charge in [0.1, 0.15) is 5.76 Å². The minimum Gasteiger partial charge on any atom is -0.507 e. The monoisotopic (exact) mass is 188 g/mol. The van der Waals surface area contributed by atoms with E-state index in [-0.39, 0.29) is 11.5 Å². The van der Waals surface area contributed by atoms with E-state index in [1.54, 1.807) is 0 Å². The van der Waals surface area contributed by atoms with Crippen LogP contribution in [0.25, 0.3) is 5.76 Å². The largest absolute Gasteiger partial charge is 0.507 e.